The van der Waals surface area contributed by atoms with Gasteiger partial charge in [0, 0.05) is 6.04 Å². The second kappa shape index (κ2) is 6.84. The maximum absolute atomic E-state index is 12.2. The molecule has 0 aromatic heterocycles. The lowest BCUT2D eigenvalue weighted by molar-refractivity contribution is 0.517. The fourth-order valence-electron chi connectivity index (χ4n) is 2.39. The summed E-state index contributed by atoms with van der Waals surface area (Å²) in [5.41, 5.74) is 0.967. The zero-order valence-electron chi connectivity index (χ0n) is 11.3. The molecule has 20 heavy (non-hydrogen) atoms. The maximum Gasteiger partial charge on any atom is 0.216 e. The number of rotatable bonds is 4. The highest BCUT2D eigenvalue weighted by Crippen LogP contribution is 2.13. The Morgan fingerprint density at radius 3 is 2.90 bits per heavy atom. The van der Waals surface area contributed by atoms with Crippen LogP contribution in [0.4, 0.5) is 0 Å². The first-order valence-electron chi connectivity index (χ1n) is 6.79. The number of benzene rings is 1. The Balaban J connectivity index is 2.05. The van der Waals surface area contributed by atoms with E-state index < -0.39 is 10.0 Å². The monoisotopic (exact) mass is 293 g/mol. The summed E-state index contributed by atoms with van der Waals surface area (Å²) >= 11 is 0. The number of hydrogen-bond donors (Lipinski definition) is 2. The van der Waals surface area contributed by atoms with Crippen LogP contribution in [0.5, 0.6) is 0 Å². The summed E-state index contributed by atoms with van der Waals surface area (Å²) in [5, 5.41) is 12.3. The van der Waals surface area contributed by atoms with Crippen LogP contribution in [0.25, 0.3) is 0 Å². The van der Waals surface area contributed by atoms with E-state index >= 15 is 0 Å². The Morgan fingerprint density at radius 2 is 2.10 bits per heavy atom. The molecule has 1 heterocycles. The molecule has 1 aromatic rings. The number of nitrogens with zero attached hydrogens (tertiary/aromatic N) is 1. The molecule has 2 rings (SSSR count). The molecule has 0 spiro atoms. The zero-order valence-corrected chi connectivity index (χ0v) is 12.1. The van der Waals surface area contributed by atoms with Crippen molar-refractivity contribution in [2.24, 2.45) is 0 Å². The molecule has 1 fully saturated rings. The first-order valence-corrected chi connectivity index (χ1v) is 8.45. The van der Waals surface area contributed by atoms with E-state index in [0.29, 0.717) is 11.1 Å². The molecule has 1 unspecified atom stereocenters. The fraction of sp³-hybridized carbons (Fsp3) is 0.500. The number of nitrogens with one attached hydrogen (secondary N) is 2. The number of nitriles is 1. The summed E-state index contributed by atoms with van der Waals surface area (Å²) < 4.78 is 27.2. The van der Waals surface area contributed by atoms with Gasteiger partial charge < -0.3 is 5.32 Å². The van der Waals surface area contributed by atoms with Crippen molar-refractivity contribution in [1.82, 2.24) is 10.0 Å². The van der Waals surface area contributed by atoms with Crippen LogP contribution in [0.15, 0.2) is 24.3 Å². The van der Waals surface area contributed by atoms with E-state index in [2.05, 4.69) is 10.0 Å². The molecular weight excluding hydrogens is 274 g/mol. The average Bonchev–Trinajstić information content (AvgIpc) is 2.67. The van der Waals surface area contributed by atoms with Gasteiger partial charge in [-0.15, -0.1) is 0 Å². The van der Waals surface area contributed by atoms with Crippen molar-refractivity contribution >= 4 is 10.0 Å². The van der Waals surface area contributed by atoms with Crippen LogP contribution < -0.4 is 10.0 Å². The lowest BCUT2D eigenvalue weighted by Gasteiger charge is -2.16. The van der Waals surface area contributed by atoms with Crippen LogP contribution >= 0.6 is 0 Å². The van der Waals surface area contributed by atoms with Gasteiger partial charge in [-0.3, -0.25) is 0 Å². The van der Waals surface area contributed by atoms with E-state index in [1.165, 1.54) is 0 Å². The van der Waals surface area contributed by atoms with Gasteiger partial charge in [0.15, 0.2) is 0 Å². The molecule has 0 aliphatic carbocycles. The van der Waals surface area contributed by atoms with E-state index in [0.717, 1.165) is 32.4 Å². The van der Waals surface area contributed by atoms with Gasteiger partial charge in [0.2, 0.25) is 10.0 Å². The van der Waals surface area contributed by atoms with Crippen LogP contribution in [-0.4, -0.2) is 27.5 Å². The van der Waals surface area contributed by atoms with Crippen molar-refractivity contribution in [1.29, 1.82) is 5.26 Å². The molecule has 1 saturated heterocycles. The van der Waals surface area contributed by atoms with Gasteiger partial charge in [-0.1, -0.05) is 18.2 Å². The minimum absolute atomic E-state index is 0.00996. The van der Waals surface area contributed by atoms with Gasteiger partial charge in [0.05, 0.1) is 17.4 Å². The van der Waals surface area contributed by atoms with E-state index in [1.807, 2.05) is 6.07 Å². The lowest BCUT2D eigenvalue weighted by atomic mass is 10.1. The minimum Gasteiger partial charge on any atom is -0.317 e. The molecule has 5 nitrogen and oxygen atoms in total. The van der Waals surface area contributed by atoms with Gasteiger partial charge >= 0.3 is 0 Å². The standard InChI is InChI=1S/C14H19N3O2S/c15-10-12-4-1-2-5-13(12)11-20(18,19)17-14-6-3-8-16-9-7-14/h1-2,4-5,14,16-17H,3,6-9,11H2. The zero-order chi connectivity index (χ0) is 14.4. The van der Waals surface area contributed by atoms with Crippen molar-refractivity contribution in [3.63, 3.8) is 0 Å². The molecular formula is C14H19N3O2S. The van der Waals surface area contributed by atoms with Gasteiger partial charge in [0.1, 0.15) is 0 Å². The SMILES string of the molecule is N#Cc1ccccc1CS(=O)(=O)NC1CCCNCC1. The molecule has 0 bridgehead atoms. The van der Waals surface area contributed by atoms with E-state index in [1.54, 1.807) is 24.3 Å². The van der Waals surface area contributed by atoms with Crippen LogP contribution in [0.3, 0.4) is 0 Å². The number of hydrogen-bond acceptors (Lipinski definition) is 4. The average molecular weight is 293 g/mol. The third-order valence-electron chi connectivity index (χ3n) is 3.41. The van der Waals surface area contributed by atoms with Crippen LogP contribution in [0.1, 0.15) is 30.4 Å². The Labute approximate surface area is 120 Å². The molecule has 0 radical (unpaired) electrons. The fourth-order valence-corrected chi connectivity index (χ4v) is 3.88. The van der Waals surface area contributed by atoms with Crippen molar-refractivity contribution in [2.75, 3.05) is 13.1 Å². The molecule has 6 heteroatoms. The van der Waals surface area contributed by atoms with Gasteiger partial charge in [-0.2, -0.15) is 5.26 Å². The maximum atomic E-state index is 12.2. The highest BCUT2D eigenvalue weighted by molar-refractivity contribution is 7.88. The molecule has 2 N–H and O–H groups in total. The normalized spacial score (nSPS) is 20.1. The van der Waals surface area contributed by atoms with Crippen LogP contribution in [-0.2, 0) is 15.8 Å². The third kappa shape index (κ3) is 4.30. The van der Waals surface area contributed by atoms with Gasteiger partial charge in [0.25, 0.3) is 0 Å². The quantitative estimate of drug-likeness (QED) is 0.871. The predicted molar refractivity (Wildman–Crippen MR) is 77.4 cm³/mol. The van der Waals surface area contributed by atoms with Gasteiger partial charge in [-0.05, 0) is 44.0 Å². The molecule has 108 valence electrons. The minimum atomic E-state index is -3.41. The highest BCUT2D eigenvalue weighted by Gasteiger charge is 2.20. The molecule has 0 saturated carbocycles. The lowest BCUT2D eigenvalue weighted by Crippen LogP contribution is -2.36. The summed E-state index contributed by atoms with van der Waals surface area (Å²) in [7, 11) is -3.41. The first-order chi connectivity index (χ1) is 9.61. The molecule has 1 aromatic carbocycles. The molecule has 0 amide bonds. The highest BCUT2D eigenvalue weighted by atomic mass is 32.2. The number of sulfonamides is 1. The Kier molecular flexibility index (Phi) is 5.12. The smallest absolute Gasteiger partial charge is 0.216 e. The topological polar surface area (TPSA) is 82.0 Å². The second-order valence-corrected chi connectivity index (χ2v) is 6.78. The van der Waals surface area contributed by atoms with Crippen LogP contribution in [0, 0.1) is 11.3 Å². The largest absolute Gasteiger partial charge is 0.317 e. The summed E-state index contributed by atoms with van der Waals surface area (Å²) in [6.45, 7) is 1.78. The Hall–Kier alpha value is -1.42. The van der Waals surface area contributed by atoms with E-state index in [-0.39, 0.29) is 11.8 Å². The summed E-state index contributed by atoms with van der Waals surface area (Å²) in [6.07, 6.45) is 2.63. The van der Waals surface area contributed by atoms with E-state index in [9.17, 15) is 8.42 Å². The first kappa shape index (κ1) is 15.0. The van der Waals surface area contributed by atoms with Crippen molar-refractivity contribution < 1.29 is 8.42 Å². The van der Waals surface area contributed by atoms with Crippen molar-refractivity contribution in [3.05, 3.63) is 35.4 Å². The molecule has 1 aliphatic heterocycles. The third-order valence-corrected chi connectivity index (χ3v) is 4.79. The molecule has 1 aliphatic rings. The predicted octanol–water partition coefficient (Wildman–Crippen LogP) is 1.12. The van der Waals surface area contributed by atoms with Crippen molar-refractivity contribution in [3.8, 4) is 6.07 Å². The summed E-state index contributed by atoms with van der Waals surface area (Å²) in [4.78, 5) is 0. The molecule has 1 atom stereocenters. The van der Waals surface area contributed by atoms with Crippen molar-refractivity contribution in [2.45, 2.75) is 31.1 Å². The second-order valence-electron chi connectivity index (χ2n) is 5.02. The summed E-state index contributed by atoms with van der Waals surface area (Å²) in [6, 6.07) is 8.83. The van der Waals surface area contributed by atoms with Crippen LogP contribution in [0.2, 0.25) is 0 Å². The van der Waals surface area contributed by atoms with Gasteiger partial charge in [-0.25, -0.2) is 13.1 Å². The van der Waals surface area contributed by atoms with E-state index in [4.69, 9.17) is 5.26 Å². The Bertz CT molecular complexity index is 585. The Morgan fingerprint density at radius 1 is 1.30 bits per heavy atom. The summed E-state index contributed by atoms with van der Waals surface area (Å²) in [5.74, 6) is -0.138.